The van der Waals surface area contributed by atoms with E-state index >= 15 is 0 Å². The molecule has 1 aliphatic rings. The van der Waals surface area contributed by atoms with Gasteiger partial charge in [0.2, 0.25) is 0 Å². The van der Waals surface area contributed by atoms with Crippen molar-refractivity contribution >= 4 is 0 Å². The third-order valence-electron chi connectivity index (χ3n) is 3.67. The highest BCUT2D eigenvalue weighted by Gasteiger charge is 2.18. The second kappa shape index (κ2) is 5.71. The van der Waals surface area contributed by atoms with Crippen molar-refractivity contribution < 1.29 is 8.78 Å². The van der Waals surface area contributed by atoms with E-state index in [0.29, 0.717) is 17.8 Å². The lowest BCUT2D eigenvalue weighted by Crippen LogP contribution is -2.22. The fourth-order valence-corrected chi connectivity index (χ4v) is 2.47. The lowest BCUT2D eigenvalue weighted by atomic mass is 10.0. The standard InChI is InChI=1S/C16H16F2N4/c1-11-14(17)4-3-13(15(11)18)16-12(7-19-9-20-16)8-22-6-5-21(2)10-22/h3-7,9H,8,10H2,1-2H3. The quantitative estimate of drug-likeness (QED) is 0.872. The third kappa shape index (κ3) is 2.64. The van der Waals surface area contributed by atoms with Crippen LogP contribution in [0.3, 0.4) is 0 Å². The van der Waals surface area contributed by atoms with Crippen molar-refractivity contribution in [3.05, 3.63) is 59.8 Å². The third-order valence-corrected chi connectivity index (χ3v) is 3.67. The van der Waals surface area contributed by atoms with E-state index in [0.717, 1.165) is 12.2 Å². The first kappa shape index (κ1) is 14.4. The molecule has 0 amide bonds. The predicted molar refractivity (Wildman–Crippen MR) is 79.4 cm³/mol. The first-order chi connectivity index (χ1) is 10.6. The Hall–Kier alpha value is -2.50. The molecule has 0 atom stereocenters. The average molecular weight is 302 g/mol. The Bertz CT molecular complexity index is 730. The molecule has 0 saturated heterocycles. The zero-order valence-corrected chi connectivity index (χ0v) is 12.4. The minimum atomic E-state index is -0.575. The molecular weight excluding hydrogens is 286 g/mol. The molecule has 1 aromatic carbocycles. The Morgan fingerprint density at radius 3 is 2.77 bits per heavy atom. The Balaban J connectivity index is 1.98. The molecule has 0 saturated carbocycles. The van der Waals surface area contributed by atoms with Gasteiger partial charge in [-0.25, -0.2) is 18.7 Å². The molecule has 0 N–H and O–H groups in total. The van der Waals surface area contributed by atoms with Crippen LogP contribution in [0.4, 0.5) is 8.78 Å². The van der Waals surface area contributed by atoms with Crippen LogP contribution in [0.5, 0.6) is 0 Å². The van der Waals surface area contributed by atoms with Crippen LogP contribution in [0, 0.1) is 18.6 Å². The van der Waals surface area contributed by atoms with Gasteiger partial charge in [0.05, 0.1) is 12.4 Å². The predicted octanol–water partition coefficient (Wildman–Crippen LogP) is 2.91. The first-order valence-electron chi connectivity index (χ1n) is 6.92. The zero-order chi connectivity index (χ0) is 15.7. The van der Waals surface area contributed by atoms with E-state index in [9.17, 15) is 8.78 Å². The van der Waals surface area contributed by atoms with Gasteiger partial charge in [-0.05, 0) is 19.1 Å². The Morgan fingerprint density at radius 1 is 1.23 bits per heavy atom. The highest BCUT2D eigenvalue weighted by molar-refractivity contribution is 5.64. The van der Waals surface area contributed by atoms with Crippen molar-refractivity contribution in [2.45, 2.75) is 13.5 Å². The summed E-state index contributed by atoms with van der Waals surface area (Å²) in [7, 11) is 1.97. The van der Waals surface area contributed by atoms with Crippen LogP contribution < -0.4 is 0 Å². The summed E-state index contributed by atoms with van der Waals surface area (Å²) in [6.45, 7) is 2.74. The molecule has 4 nitrogen and oxygen atoms in total. The molecule has 0 bridgehead atoms. The van der Waals surface area contributed by atoms with Crippen molar-refractivity contribution in [2.75, 3.05) is 13.7 Å². The van der Waals surface area contributed by atoms with E-state index in [4.69, 9.17) is 0 Å². The molecule has 0 radical (unpaired) electrons. The highest BCUT2D eigenvalue weighted by atomic mass is 19.1. The van der Waals surface area contributed by atoms with Gasteiger partial charge in [0.1, 0.15) is 18.0 Å². The van der Waals surface area contributed by atoms with Crippen molar-refractivity contribution in [1.82, 2.24) is 19.8 Å². The topological polar surface area (TPSA) is 32.3 Å². The van der Waals surface area contributed by atoms with Crippen LogP contribution in [-0.4, -0.2) is 33.5 Å². The van der Waals surface area contributed by atoms with Crippen molar-refractivity contribution in [3.63, 3.8) is 0 Å². The average Bonchev–Trinajstić information content (AvgIpc) is 2.91. The lowest BCUT2D eigenvalue weighted by molar-refractivity contribution is 0.290. The van der Waals surface area contributed by atoms with Crippen LogP contribution in [0.15, 0.2) is 37.1 Å². The van der Waals surface area contributed by atoms with Crippen LogP contribution in [0.2, 0.25) is 0 Å². The number of aromatic nitrogens is 2. The SMILES string of the molecule is Cc1c(F)ccc(-c2ncncc2CN2C=CN(C)C2)c1F. The van der Waals surface area contributed by atoms with E-state index < -0.39 is 11.6 Å². The molecular formula is C16H16F2N4. The van der Waals surface area contributed by atoms with Crippen LogP contribution in [-0.2, 0) is 6.54 Å². The maximum atomic E-state index is 14.4. The summed E-state index contributed by atoms with van der Waals surface area (Å²) in [6.07, 6.45) is 6.98. The van der Waals surface area contributed by atoms with Gasteiger partial charge in [0.25, 0.3) is 0 Å². The Kier molecular flexibility index (Phi) is 3.75. The smallest absolute Gasteiger partial charge is 0.138 e. The fraction of sp³-hybridized carbons (Fsp3) is 0.250. The largest absolute Gasteiger partial charge is 0.362 e. The number of nitrogens with zero attached hydrogens (tertiary/aromatic N) is 4. The highest BCUT2D eigenvalue weighted by Crippen LogP contribution is 2.28. The zero-order valence-electron chi connectivity index (χ0n) is 12.4. The monoisotopic (exact) mass is 302 g/mol. The van der Waals surface area contributed by atoms with Crippen molar-refractivity contribution in [1.29, 1.82) is 0 Å². The minimum Gasteiger partial charge on any atom is -0.362 e. The lowest BCUT2D eigenvalue weighted by Gasteiger charge is -2.19. The fourth-order valence-electron chi connectivity index (χ4n) is 2.47. The normalized spacial score (nSPS) is 14.0. The molecule has 0 unspecified atom stereocenters. The van der Waals surface area contributed by atoms with Crippen LogP contribution in [0.1, 0.15) is 11.1 Å². The van der Waals surface area contributed by atoms with Gasteiger partial charge in [0.15, 0.2) is 0 Å². The second-order valence-electron chi connectivity index (χ2n) is 5.37. The number of rotatable bonds is 3. The molecule has 2 heterocycles. The van der Waals surface area contributed by atoms with E-state index in [1.807, 2.05) is 24.3 Å². The van der Waals surface area contributed by atoms with E-state index in [1.165, 1.54) is 25.4 Å². The maximum Gasteiger partial charge on any atom is 0.138 e. The molecule has 6 heteroatoms. The first-order valence-corrected chi connectivity index (χ1v) is 6.92. The van der Waals surface area contributed by atoms with E-state index in [1.54, 1.807) is 6.20 Å². The van der Waals surface area contributed by atoms with Gasteiger partial charge in [-0.1, -0.05) is 0 Å². The van der Waals surface area contributed by atoms with Gasteiger partial charge in [-0.3, -0.25) is 0 Å². The maximum absolute atomic E-state index is 14.4. The van der Waals surface area contributed by atoms with Crippen molar-refractivity contribution in [2.24, 2.45) is 0 Å². The molecule has 2 aromatic rings. The number of hydrogen-bond acceptors (Lipinski definition) is 4. The minimum absolute atomic E-state index is 0.00265. The van der Waals surface area contributed by atoms with Gasteiger partial charge in [-0.2, -0.15) is 0 Å². The summed E-state index contributed by atoms with van der Waals surface area (Å²) >= 11 is 0. The summed E-state index contributed by atoms with van der Waals surface area (Å²) in [6, 6.07) is 2.69. The van der Waals surface area contributed by atoms with E-state index in [-0.39, 0.29) is 5.56 Å². The molecule has 0 aliphatic carbocycles. The molecule has 0 fully saturated rings. The summed E-state index contributed by atoms with van der Waals surface area (Å²) in [5.41, 5.74) is 1.60. The van der Waals surface area contributed by atoms with Gasteiger partial charge < -0.3 is 9.80 Å². The Labute approximate surface area is 127 Å². The van der Waals surface area contributed by atoms with Crippen molar-refractivity contribution in [3.8, 4) is 11.3 Å². The summed E-state index contributed by atoms with van der Waals surface area (Å²) in [4.78, 5) is 12.3. The molecule has 3 rings (SSSR count). The van der Waals surface area contributed by atoms with Gasteiger partial charge in [-0.15, -0.1) is 0 Å². The summed E-state index contributed by atoms with van der Waals surface area (Å²) < 4.78 is 27.8. The molecule has 1 aliphatic heterocycles. The number of hydrogen-bond donors (Lipinski definition) is 0. The summed E-state index contributed by atoms with van der Waals surface area (Å²) in [5, 5.41) is 0. The molecule has 114 valence electrons. The molecule has 22 heavy (non-hydrogen) atoms. The second-order valence-corrected chi connectivity index (χ2v) is 5.37. The summed E-state index contributed by atoms with van der Waals surface area (Å²) in [5.74, 6) is -1.13. The number of benzene rings is 1. The van der Waals surface area contributed by atoms with Crippen LogP contribution >= 0.6 is 0 Å². The number of halogens is 2. The Morgan fingerprint density at radius 2 is 2.05 bits per heavy atom. The van der Waals surface area contributed by atoms with Gasteiger partial charge in [0, 0.05) is 48.9 Å². The molecule has 1 aromatic heterocycles. The molecule has 0 spiro atoms. The van der Waals surface area contributed by atoms with Crippen LogP contribution in [0.25, 0.3) is 11.3 Å². The van der Waals surface area contributed by atoms with E-state index in [2.05, 4.69) is 14.9 Å². The van der Waals surface area contributed by atoms with Gasteiger partial charge >= 0.3 is 0 Å².